The van der Waals surface area contributed by atoms with Crippen molar-refractivity contribution in [1.82, 2.24) is 0 Å². The molecule has 332 valence electrons. The molecule has 2 nitrogen and oxygen atoms in total. The minimum Gasteiger partial charge on any atom is -0.310 e. The molecule has 1 aliphatic carbocycles. The quantitative estimate of drug-likeness (QED) is 0.159. The van der Waals surface area contributed by atoms with Gasteiger partial charge in [-0.1, -0.05) is 193 Å². The highest BCUT2D eigenvalue weighted by Gasteiger charge is 2.40. The Hall–Kier alpha value is -7.94. The van der Waals surface area contributed by atoms with Crippen LogP contribution >= 0.6 is 0 Å². The van der Waals surface area contributed by atoms with Crippen LogP contribution in [-0.4, -0.2) is 0 Å². The average molecular weight is 887 g/mol. The maximum absolute atomic E-state index is 2.47. The number of hydrogen-bond acceptors (Lipinski definition) is 2. The average Bonchev–Trinajstić information content (AvgIpc) is 3.60. The molecule has 0 N–H and O–H groups in total. The largest absolute Gasteiger partial charge is 0.310 e. The monoisotopic (exact) mass is 886 g/mol. The number of para-hydroxylation sites is 2. The van der Waals surface area contributed by atoms with Crippen molar-refractivity contribution >= 4 is 67.8 Å². The SMILES string of the molecule is CC1(C)c2cc(/C=C/c3ccc4c(c3)C(C)(C)c3ccccc3N4c3ccc4ccccc4c3)ccc2-c2ccc(-c3ccc4c(c3)C(C)(C)c3ccccc3N4c3ccc4ccccc4c3)cc21. The van der Waals surface area contributed by atoms with E-state index in [1.54, 1.807) is 0 Å². The summed E-state index contributed by atoms with van der Waals surface area (Å²) in [6.45, 7) is 14.3. The Morgan fingerprint density at radius 2 is 0.667 bits per heavy atom. The summed E-state index contributed by atoms with van der Waals surface area (Å²) in [5, 5.41) is 5.00. The highest BCUT2D eigenvalue weighted by Crippen LogP contribution is 2.55. The highest BCUT2D eigenvalue weighted by molar-refractivity contribution is 5.95. The van der Waals surface area contributed by atoms with Gasteiger partial charge in [0.15, 0.2) is 0 Å². The number of rotatable bonds is 5. The summed E-state index contributed by atoms with van der Waals surface area (Å²) in [6.07, 6.45) is 4.59. The molecule has 0 aromatic heterocycles. The second-order valence-corrected chi connectivity index (χ2v) is 21.1. The predicted molar refractivity (Wildman–Crippen MR) is 293 cm³/mol. The lowest BCUT2D eigenvalue weighted by atomic mass is 9.72. The minimum absolute atomic E-state index is 0.167. The molecule has 0 radical (unpaired) electrons. The van der Waals surface area contributed by atoms with Crippen LogP contribution in [0.3, 0.4) is 0 Å². The summed E-state index contributed by atoms with van der Waals surface area (Å²) in [6, 6.07) is 77.2. The topological polar surface area (TPSA) is 6.48 Å². The molecule has 69 heavy (non-hydrogen) atoms. The second-order valence-electron chi connectivity index (χ2n) is 21.1. The van der Waals surface area contributed by atoms with Gasteiger partial charge < -0.3 is 9.80 Å². The van der Waals surface area contributed by atoms with Gasteiger partial charge in [-0.05, 0) is 155 Å². The molecule has 0 saturated heterocycles. The molecule has 0 unspecified atom stereocenters. The van der Waals surface area contributed by atoms with E-state index in [1.165, 1.54) is 122 Å². The lowest BCUT2D eigenvalue weighted by Gasteiger charge is -2.42. The van der Waals surface area contributed by atoms with Gasteiger partial charge in [0.2, 0.25) is 0 Å². The lowest BCUT2D eigenvalue weighted by molar-refractivity contribution is 0.631. The zero-order valence-corrected chi connectivity index (χ0v) is 40.2. The van der Waals surface area contributed by atoms with E-state index in [9.17, 15) is 0 Å². The molecule has 10 aromatic carbocycles. The first-order valence-electron chi connectivity index (χ1n) is 24.5. The van der Waals surface area contributed by atoms with Crippen LogP contribution in [0.5, 0.6) is 0 Å². The molecule has 3 aliphatic rings. The first-order valence-corrected chi connectivity index (χ1v) is 24.5. The van der Waals surface area contributed by atoms with Gasteiger partial charge in [-0.15, -0.1) is 0 Å². The first kappa shape index (κ1) is 41.3. The maximum atomic E-state index is 2.47. The van der Waals surface area contributed by atoms with E-state index in [0.717, 1.165) is 0 Å². The second kappa shape index (κ2) is 15.0. The summed E-state index contributed by atoms with van der Waals surface area (Å²) in [7, 11) is 0. The number of benzene rings is 10. The maximum Gasteiger partial charge on any atom is 0.0503 e. The van der Waals surface area contributed by atoms with Gasteiger partial charge in [0.25, 0.3) is 0 Å². The lowest BCUT2D eigenvalue weighted by Crippen LogP contribution is -2.30. The summed E-state index contributed by atoms with van der Waals surface area (Å²) < 4.78 is 0. The number of fused-ring (bicyclic) bond motifs is 9. The minimum atomic E-state index is -0.190. The number of anilines is 6. The van der Waals surface area contributed by atoms with Crippen LogP contribution in [0.1, 0.15) is 86.1 Å². The van der Waals surface area contributed by atoms with Crippen LogP contribution in [-0.2, 0) is 16.2 Å². The normalized spacial score (nSPS) is 15.6. The van der Waals surface area contributed by atoms with Gasteiger partial charge in [0.1, 0.15) is 0 Å². The van der Waals surface area contributed by atoms with Crippen LogP contribution in [0.4, 0.5) is 34.1 Å². The van der Waals surface area contributed by atoms with Crippen molar-refractivity contribution in [1.29, 1.82) is 0 Å². The molecule has 0 atom stereocenters. The molecule has 13 rings (SSSR count). The van der Waals surface area contributed by atoms with E-state index < -0.39 is 0 Å². The third-order valence-corrected chi connectivity index (χ3v) is 16.0. The van der Waals surface area contributed by atoms with Crippen molar-refractivity contribution < 1.29 is 0 Å². The zero-order chi connectivity index (χ0) is 46.8. The van der Waals surface area contributed by atoms with Crippen LogP contribution in [0.15, 0.2) is 206 Å². The summed E-state index contributed by atoms with van der Waals surface area (Å²) in [5.74, 6) is 0. The molecule has 2 heteroatoms. The van der Waals surface area contributed by atoms with E-state index in [4.69, 9.17) is 0 Å². The molecule has 0 saturated carbocycles. The van der Waals surface area contributed by atoms with Crippen molar-refractivity contribution in [2.24, 2.45) is 0 Å². The van der Waals surface area contributed by atoms with Gasteiger partial charge in [-0.25, -0.2) is 0 Å². The third-order valence-electron chi connectivity index (χ3n) is 16.0. The molecular formula is C67H54N2. The fourth-order valence-electron chi connectivity index (χ4n) is 12.1. The van der Waals surface area contributed by atoms with Crippen molar-refractivity contribution in [3.63, 3.8) is 0 Å². The van der Waals surface area contributed by atoms with Crippen LogP contribution < -0.4 is 9.80 Å². The highest BCUT2D eigenvalue weighted by atomic mass is 15.2. The molecule has 0 fully saturated rings. The van der Waals surface area contributed by atoms with Crippen LogP contribution in [0, 0.1) is 0 Å². The molecule has 2 aliphatic heterocycles. The van der Waals surface area contributed by atoms with Crippen LogP contribution in [0.2, 0.25) is 0 Å². The standard InChI is InChI=1S/C67H54N2/c1-65(2)55-19-11-13-21-61(55)68(51-31-27-45-15-7-9-17-47(45)39-51)63-35-26-44(38-59(63)65)24-23-43-25-33-53-54-34-29-49(41-58(54)67(5,6)57(53)37-43)50-30-36-64-60(42-50)66(3,4)56-20-12-14-22-62(56)69(64)52-32-28-46-16-8-10-18-48(46)40-52/h7-42H,1-6H3/b24-23+. The molecule has 2 heterocycles. The number of hydrogen-bond donors (Lipinski definition) is 0. The van der Waals surface area contributed by atoms with E-state index in [-0.39, 0.29) is 16.2 Å². The Bertz CT molecular complexity index is 3790. The van der Waals surface area contributed by atoms with Crippen molar-refractivity contribution in [3.8, 4) is 22.3 Å². The van der Waals surface area contributed by atoms with Gasteiger partial charge in [-0.3, -0.25) is 0 Å². The summed E-state index contributed by atoms with van der Waals surface area (Å²) in [5.41, 5.74) is 22.4. The smallest absolute Gasteiger partial charge is 0.0503 e. The van der Waals surface area contributed by atoms with Gasteiger partial charge in [-0.2, -0.15) is 0 Å². The van der Waals surface area contributed by atoms with Crippen molar-refractivity contribution in [3.05, 3.63) is 251 Å². The van der Waals surface area contributed by atoms with Crippen LogP contribution in [0.25, 0.3) is 56.0 Å². The Labute approximate surface area is 406 Å². The Morgan fingerprint density at radius 3 is 1.23 bits per heavy atom. The molecule has 0 bridgehead atoms. The van der Waals surface area contributed by atoms with Crippen molar-refractivity contribution in [2.45, 2.75) is 57.8 Å². The van der Waals surface area contributed by atoms with E-state index in [1.807, 2.05) is 0 Å². The first-order chi connectivity index (χ1) is 33.4. The van der Waals surface area contributed by atoms with Crippen molar-refractivity contribution in [2.75, 3.05) is 9.80 Å². The Kier molecular flexibility index (Phi) is 8.99. The Morgan fingerprint density at radius 1 is 0.290 bits per heavy atom. The fraction of sp³-hybridized carbons (Fsp3) is 0.134. The number of nitrogens with zero attached hydrogens (tertiary/aromatic N) is 2. The van der Waals surface area contributed by atoms with Gasteiger partial charge in [0.05, 0.1) is 22.7 Å². The van der Waals surface area contributed by atoms with Gasteiger partial charge in [0, 0.05) is 27.6 Å². The molecule has 0 spiro atoms. The van der Waals surface area contributed by atoms with E-state index in [2.05, 4.69) is 270 Å². The third kappa shape index (κ3) is 6.31. The Balaban J connectivity index is 0.822. The van der Waals surface area contributed by atoms with E-state index >= 15 is 0 Å². The zero-order valence-electron chi connectivity index (χ0n) is 40.2. The predicted octanol–water partition coefficient (Wildman–Crippen LogP) is 18.4. The summed E-state index contributed by atoms with van der Waals surface area (Å²) >= 11 is 0. The molecule has 10 aromatic rings. The fourth-order valence-corrected chi connectivity index (χ4v) is 12.1. The summed E-state index contributed by atoms with van der Waals surface area (Å²) in [4.78, 5) is 4.92. The van der Waals surface area contributed by atoms with E-state index in [0.29, 0.717) is 0 Å². The molecule has 0 amide bonds. The molecular weight excluding hydrogens is 833 g/mol. The van der Waals surface area contributed by atoms with Gasteiger partial charge >= 0.3 is 0 Å².